The van der Waals surface area contributed by atoms with E-state index < -0.39 is 12.1 Å². The third-order valence-corrected chi connectivity index (χ3v) is 15.0. The van der Waals surface area contributed by atoms with Crippen LogP contribution in [0.25, 0.3) is 0 Å². The molecule has 0 heterocycles. The van der Waals surface area contributed by atoms with Gasteiger partial charge in [-0.25, -0.2) is 0 Å². The molecule has 2 atom stereocenters. The largest absolute Gasteiger partial charge is 0.394 e. The van der Waals surface area contributed by atoms with Crippen molar-refractivity contribution in [3.63, 3.8) is 0 Å². The molecule has 0 spiro atoms. The Morgan fingerprint density at radius 3 is 0.854 bits per heavy atom. The summed E-state index contributed by atoms with van der Waals surface area (Å²) < 4.78 is 0. The normalized spacial score (nSPS) is 13.8. The molecule has 0 saturated carbocycles. The van der Waals surface area contributed by atoms with Gasteiger partial charge in [-0.3, -0.25) is 4.79 Å². The quantitative estimate of drug-likeness (QED) is 0.0420. The molecule has 0 fully saturated rings. The Morgan fingerprint density at radius 1 is 0.305 bits per heavy atom. The first-order valence-electron chi connectivity index (χ1n) is 34.7. The second-order valence-corrected chi connectivity index (χ2v) is 22.8. The number of allylic oxidation sites excluding steroid dienone is 25. The van der Waals surface area contributed by atoms with E-state index in [0.717, 1.165) is 116 Å². The Morgan fingerprint density at radius 2 is 0.549 bits per heavy atom. The first kappa shape index (κ1) is 78.0. The number of aliphatic hydroxyl groups excluding tert-OH is 2. The molecule has 0 aliphatic carbocycles. The van der Waals surface area contributed by atoms with Gasteiger partial charge in [0.05, 0.1) is 18.8 Å². The van der Waals surface area contributed by atoms with Gasteiger partial charge in [-0.15, -0.1) is 0 Å². The number of hydrogen-bond acceptors (Lipinski definition) is 3. The van der Waals surface area contributed by atoms with E-state index in [2.05, 4.69) is 165 Å². The van der Waals surface area contributed by atoms with E-state index in [1.807, 2.05) is 6.08 Å². The van der Waals surface area contributed by atoms with Crippen LogP contribution in [0.5, 0.6) is 0 Å². The zero-order chi connectivity index (χ0) is 59.1. The van der Waals surface area contributed by atoms with Gasteiger partial charge in [-0.1, -0.05) is 339 Å². The number of carbonyl (C=O) groups is 1. The second kappa shape index (κ2) is 71.3. The van der Waals surface area contributed by atoms with Gasteiger partial charge in [0.1, 0.15) is 0 Å². The van der Waals surface area contributed by atoms with Gasteiger partial charge in [0.25, 0.3) is 0 Å². The minimum atomic E-state index is -0.887. The molecule has 0 bridgehead atoms. The molecule has 0 aliphatic rings. The maximum absolute atomic E-state index is 12.5. The highest BCUT2D eigenvalue weighted by atomic mass is 16.3. The van der Waals surface area contributed by atoms with Crippen molar-refractivity contribution in [2.45, 2.75) is 321 Å². The Hall–Kier alpha value is -3.99. The van der Waals surface area contributed by atoms with Crippen LogP contribution >= 0.6 is 0 Å². The lowest BCUT2D eigenvalue weighted by molar-refractivity contribution is -0.123. The van der Waals surface area contributed by atoms with Crippen molar-refractivity contribution in [1.29, 1.82) is 0 Å². The number of carbonyl (C=O) groups excluding carboxylic acids is 1. The van der Waals surface area contributed by atoms with Gasteiger partial charge in [0, 0.05) is 6.42 Å². The Bertz CT molecular complexity index is 1710. The molecule has 4 nitrogen and oxygen atoms in total. The average Bonchev–Trinajstić information content (AvgIpc) is 3.50. The van der Waals surface area contributed by atoms with Crippen molar-refractivity contribution < 1.29 is 15.0 Å². The third kappa shape index (κ3) is 66.8. The summed E-state index contributed by atoms with van der Waals surface area (Å²) in [7, 11) is 0. The molecule has 4 heteroatoms. The fourth-order valence-corrected chi connectivity index (χ4v) is 9.77. The Labute approximate surface area is 509 Å². The number of nitrogens with one attached hydrogen (secondary N) is 1. The van der Waals surface area contributed by atoms with E-state index in [9.17, 15) is 15.0 Å². The minimum absolute atomic E-state index is 0.0906. The van der Waals surface area contributed by atoms with Gasteiger partial charge in [-0.2, -0.15) is 0 Å². The van der Waals surface area contributed by atoms with Crippen LogP contribution in [0, 0.1) is 0 Å². The van der Waals surface area contributed by atoms with Crippen molar-refractivity contribution in [3.8, 4) is 0 Å². The van der Waals surface area contributed by atoms with Crippen LogP contribution in [-0.2, 0) is 4.79 Å². The van der Waals surface area contributed by atoms with Crippen LogP contribution in [0.4, 0.5) is 0 Å². The summed E-state index contributed by atoms with van der Waals surface area (Å²) in [6.07, 6.45) is 113. The van der Waals surface area contributed by atoms with Crippen molar-refractivity contribution in [3.05, 3.63) is 158 Å². The summed E-state index contributed by atoms with van der Waals surface area (Å²) in [6.45, 7) is 4.19. The molecule has 0 aliphatic heterocycles. The van der Waals surface area contributed by atoms with E-state index in [4.69, 9.17) is 0 Å². The van der Waals surface area contributed by atoms with E-state index >= 15 is 0 Å². The molecule has 3 N–H and O–H groups in total. The summed E-state index contributed by atoms with van der Waals surface area (Å²) in [5, 5.41) is 23.2. The van der Waals surface area contributed by atoms with Gasteiger partial charge in [-0.05, 0) is 122 Å². The lowest BCUT2D eigenvalue weighted by Gasteiger charge is -2.19. The fraction of sp³-hybridized carbons (Fsp3) is 0.654. The smallest absolute Gasteiger partial charge is 0.220 e. The molecule has 82 heavy (non-hydrogen) atoms. The molecular weight excluding hydrogens is 999 g/mol. The molecule has 0 aromatic carbocycles. The Balaban J connectivity index is 3.63. The van der Waals surface area contributed by atoms with Crippen molar-refractivity contribution in [1.82, 2.24) is 5.32 Å². The molecule has 0 rings (SSSR count). The van der Waals surface area contributed by atoms with Crippen LogP contribution in [0.2, 0.25) is 0 Å². The SMILES string of the molecule is CC/C=C\C/C=C\C/C=C\C/C=C\C/C=C\C/C=C\C/C=C\C/C=C\C/C=C\C/C=C\CCCCCCCCCCC(=O)NC(CO)C(O)/C=C/CC/C=C/CC/C=C/CCCCCCCCCCCCCCCCCCCCCCC. The van der Waals surface area contributed by atoms with Crippen LogP contribution < -0.4 is 5.32 Å². The predicted octanol–water partition coefficient (Wildman–Crippen LogP) is 24.0. The zero-order valence-corrected chi connectivity index (χ0v) is 53.7. The van der Waals surface area contributed by atoms with Crippen molar-refractivity contribution in [2.75, 3.05) is 6.61 Å². The number of aliphatic hydroxyl groups is 2. The maximum atomic E-state index is 12.5. The molecule has 0 saturated heterocycles. The molecular formula is C78H131NO3. The lowest BCUT2D eigenvalue weighted by atomic mass is 10.0. The van der Waals surface area contributed by atoms with Crippen molar-refractivity contribution >= 4 is 5.91 Å². The highest BCUT2D eigenvalue weighted by Gasteiger charge is 2.18. The Kier molecular flexibility index (Phi) is 67.8. The molecule has 0 aromatic heterocycles. The lowest BCUT2D eigenvalue weighted by Crippen LogP contribution is -2.45. The van der Waals surface area contributed by atoms with Crippen molar-refractivity contribution in [2.24, 2.45) is 0 Å². The van der Waals surface area contributed by atoms with E-state index in [1.165, 1.54) is 173 Å². The monoisotopic (exact) mass is 1130 g/mol. The van der Waals surface area contributed by atoms with Crippen LogP contribution in [0.3, 0.4) is 0 Å². The summed E-state index contributed by atoms with van der Waals surface area (Å²) >= 11 is 0. The van der Waals surface area contributed by atoms with E-state index in [-0.39, 0.29) is 12.5 Å². The molecule has 1 amide bonds. The molecule has 466 valence electrons. The minimum Gasteiger partial charge on any atom is -0.394 e. The van der Waals surface area contributed by atoms with E-state index in [1.54, 1.807) is 6.08 Å². The van der Waals surface area contributed by atoms with Crippen LogP contribution in [0.15, 0.2) is 158 Å². The number of hydrogen-bond donors (Lipinski definition) is 3. The summed E-state index contributed by atoms with van der Waals surface area (Å²) in [5.74, 6) is -0.0906. The van der Waals surface area contributed by atoms with Gasteiger partial charge in [0.15, 0.2) is 0 Å². The number of amides is 1. The zero-order valence-electron chi connectivity index (χ0n) is 53.7. The summed E-state index contributed by atoms with van der Waals surface area (Å²) in [6, 6.07) is -0.664. The highest BCUT2D eigenvalue weighted by Crippen LogP contribution is 2.16. The fourth-order valence-electron chi connectivity index (χ4n) is 9.77. The molecule has 2 unspecified atom stereocenters. The summed E-state index contributed by atoms with van der Waals surface area (Å²) in [5.41, 5.74) is 0. The number of rotatable bonds is 62. The second-order valence-electron chi connectivity index (χ2n) is 22.8. The summed E-state index contributed by atoms with van der Waals surface area (Å²) in [4.78, 5) is 12.5. The highest BCUT2D eigenvalue weighted by molar-refractivity contribution is 5.76. The van der Waals surface area contributed by atoms with Crippen LogP contribution in [0.1, 0.15) is 309 Å². The first-order chi connectivity index (χ1) is 40.7. The average molecular weight is 1130 g/mol. The third-order valence-electron chi connectivity index (χ3n) is 15.0. The molecule has 0 aromatic rings. The first-order valence-corrected chi connectivity index (χ1v) is 34.7. The number of unbranched alkanes of at least 4 members (excludes halogenated alkanes) is 31. The molecule has 0 radical (unpaired) electrons. The van der Waals surface area contributed by atoms with Gasteiger partial charge >= 0.3 is 0 Å². The standard InChI is InChI=1S/C78H131NO3/c1-3-5-7-9-11-13-15-17-19-21-23-25-27-29-31-33-35-36-37-38-39-40-41-42-44-46-48-50-52-54-56-58-60-62-64-66-68-70-72-74-78(82)79-76(75-80)77(81)73-71-69-67-65-63-61-59-57-55-53-51-49-47-45-43-34-32-30-28-26-24-22-20-18-16-14-12-10-8-6-4-2/h5,7,11,13,17,19,23,25,29,31,35-36,38-39,41-42,46,48,52,54-55,57,63,65,71,73,76-77,80-81H,3-4,6,8-10,12,14-16,18,20-22,24,26-28,30,32-34,37,40,43-45,47,49-51,53,56,58-62,64,66-70,72,74-75H2,1-2H3,(H,79,82)/b7-5-,13-11-,19-17-,25-23-,31-29-,36-35-,39-38-,42-41-,48-46-,54-52-,57-55+,65-63+,73-71+. The van der Waals surface area contributed by atoms with E-state index in [0.29, 0.717) is 6.42 Å². The van der Waals surface area contributed by atoms with Gasteiger partial charge < -0.3 is 15.5 Å². The van der Waals surface area contributed by atoms with Crippen LogP contribution in [-0.4, -0.2) is 34.9 Å². The predicted molar refractivity (Wildman–Crippen MR) is 368 cm³/mol. The maximum Gasteiger partial charge on any atom is 0.220 e. The topological polar surface area (TPSA) is 69.6 Å². The van der Waals surface area contributed by atoms with Gasteiger partial charge in [0.2, 0.25) is 5.91 Å².